The van der Waals surface area contributed by atoms with Gasteiger partial charge >= 0.3 is 5.97 Å². The summed E-state index contributed by atoms with van der Waals surface area (Å²) in [5, 5.41) is 11.8. The van der Waals surface area contributed by atoms with E-state index in [2.05, 4.69) is 5.32 Å². The lowest BCUT2D eigenvalue weighted by Crippen LogP contribution is -3.00. The van der Waals surface area contributed by atoms with Crippen molar-refractivity contribution in [3.8, 4) is 0 Å². The molecule has 1 aromatic heterocycles. The van der Waals surface area contributed by atoms with E-state index in [1.54, 1.807) is 6.07 Å². The number of aromatic nitrogens is 1. The van der Waals surface area contributed by atoms with Crippen LogP contribution in [0.15, 0.2) is 42.7 Å². The first-order valence-corrected chi connectivity index (χ1v) is 7.05. The summed E-state index contributed by atoms with van der Waals surface area (Å²) in [5.74, 6) is -1.15. The van der Waals surface area contributed by atoms with Gasteiger partial charge in [0.1, 0.15) is 0 Å². The molecule has 0 bridgehead atoms. The average Bonchev–Trinajstić information content (AvgIpc) is 2.48. The van der Waals surface area contributed by atoms with Crippen molar-refractivity contribution in [2.75, 3.05) is 5.32 Å². The molecule has 0 spiro atoms. The molecule has 2 N–H and O–H groups in total. The first-order valence-electron chi connectivity index (χ1n) is 7.05. The van der Waals surface area contributed by atoms with E-state index < -0.39 is 5.97 Å². The summed E-state index contributed by atoms with van der Waals surface area (Å²) in [5.41, 5.74) is 2.70. The standard InChI is InChI=1S/C17H18N2O3.BrH/c1-12-5-8-19(9-6-12)10-7-16(20)18-15-11-14(17(21)22)4-3-13(15)2;/h3-6,8-9,11H,7,10H2,1-2H3,(H-,18,20,21,22);1H. The Morgan fingerprint density at radius 1 is 1.13 bits per heavy atom. The van der Waals surface area contributed by atoms with Crippen molar-refractivity contribution in [2.24, 2.45) is 0 Å². The summed E-state index contributed by atoms with van der Waals surface area (Å²) in [6.07, 6.45) is 4.18. The molecule has 2 aromatic rings. The molecule has 122 valence electrons. The number of nitrogens with one attached hydrogen (secondary N) is 1. The molecular weight excluding hydrogens is 360 g/mol. The van der Waals surface area contributed by atoms with Gasteiger partial charge in [0, 0.05) is 17.8 Å². The second kappa shape index (κ2) is 8.43. The number of aryl methyl sites for hydroxylation is 3. The molecule has 0 unspecified atom stereocenters. The Morgan fingerprint density at radius 2 is 1.78 bits per heavy atom. The Bertz CT molecular complexity index is 699. The van der Waals surface area contributed by atoms with Crippen molar-refractivity contribution >= 4 is 17.6 Å². The number of carbonyl (C=O) groups excluding carboxylic acids is 1. The number of aromatic carboxylic acids is 1. The van der Waals surface area contributed by atoms with Crippen LogP contribution in [0.3, 0.4) is 0 Å². The van der Waals surface area contributed by atoms with Crippen LogP contribution in [0.2, 0.25) is 0 Å². The van der Waals surface area contributed by atoms with Crippen molar-refractivity contribution in [3.63, 3.8) is 0 Å². The van der Waals surface area contributed by atoms with Crippen LogP contribution in [0.5, 0.6) is 0 Å². The quantitative estimate of drug-likeness (QED) is 0.677. The zero-order valence-electron chi connectivity index (χ0n) is 13.0. The number of carboxylic acids is 1. The Kier molecular flexibility index (Phi) is 6.90. The molecule has 0 aliphatic rings. The number of rotatable bonds is 5. The van der Waals surface area contributed by atoms with E-state index in [-0.39, 0.29) is 28.5 Å². The third-order valence-corrected chi connectivity index (χ3v) is 3.41. The normalized spacial score (nSPS) is 9.83. The van der Waals surface area contributed by atoms with Crippen LogP contribution in [-0.2, 0) is 11.3 Å². The van der Waals surface area contributed by atoms with Crippen molar-refractivity contribution in [3.05, 3.63) is 59.4 Å². The fourth-order valence-corrected chi connectivity index (χ4v) is 2.01. The van der Waals surface area contributed by atoms with E-state index in [0.29, 0.717) is 18.7 Å². The van der Waals surface area contributed by atoms with E-state index >= 15 is 0 Å². The first kappa shape index (κ1) is 18.8. The molecule has 0 aliphatic heterocycles. The van der Waals surface area contributed by atoms with Crippen LogP contribution in [0.25, 0.3) is 0 Å². The molecule has 0 aliphatic carbocycles. The third-order valence-electron chi connectivity index (χ3n) is 3.41. The number of anilines is 1. The number of halogens is 1. The average molecular weight is 379 g/mol. The van der Waals surface area contributed by atoms with Crippen molar-refractivity contribution in [1.82, 2.24) is 0 Å². The summed E-state index contributed by atoms with van der Waals surface area (Å²) >= 11 is 0. The molecular formula is C17H19BrN2O3. The molecule has 0 saturated heterocycles. The number of carbonyl (C=O) groups is 2. The lowest BCUT2D eigenvalue weighted by Gasteiger charge is -2.08. The Hall–Kier alpha value is -2.21. The molecule has 0 fully saturated rings. The van der Waals surface area contributed by atoms with Crippen molar-refractivity contribution in [1.29, 1.82) is 0 Å². The molecule has 1 aromatic carbocycles. The fourth-order valence-electron chi connectivity index (χ4n) is 2.01. The number of pyridine rings is 1. The maximum atomic E-state index is 12.0. The maximum absolute atomic E-state index is 12.0. The highest BCUT2D eigenvalue weighted by Gasteiger charge is 2.11. The van der Waals surface area contributed by atoms with Gasteiger partial charge in [-0.1, -0.05) is 6.07 Å². The number of hydrogen-bond donors (Lipinski definition) is 2. The molecule has 1 heterocycles. The number of carboxylic acid groups (broad SMARTS) is 1. The molecule has 6 heteroatoms. The monoisotopic (exact) mass is 378 g/mol. The molecule has 2 rings (SSSR count). The number of nitrogens with zero attached hydrogens (tertiary/aromatic N) is 1. The first-order chi connectivity index (χ1) is 10.5. The maximum Gasteiger partial charge on any atom is 0.335 e. The van der Waals surface area contributed by atoms with E-state index in [1.165, 1.54) is 17.7 Å². The van der Waals surface area contributed by atoms with Crippen LogP contribution in [0.1, 0.15) is 27.9 Å². The van der Waals surface area contributed by atoms with Gasteiger partial charge in [0.15, 0.2) is 18.9 Å². The van der Waals surface area contributed by atoms with Gasteiger partial charge in [0.05, 0.1) is 12.0 Å². The van der Waals surface area contributed by atoms with Crippen LogP contribution >= 0.6 is 0 Å². The summed E-state index contributed by atoms with van der Waals surface area (Å²) in [6.45, 7) is 4.41. The highest BCUT2D eigenvalue weighted by Crippen LogP contribution is 2.17. The number of benzene rings is 1. The molecule has 0 saturated carbocycles. The Balaban J connectivity index is 0.00000264. The third kappa shape index (κ3) is 5.49. The van der Waals surface area contributed by atoms with Crippen molar-refractivity contribution in [2.45, 2.75) is 26.8 Å². The second-order valence-electron chi connectivity index (χ2n) is 5.25. The fraction of sp³-hybridized carbons (Fsp3) is 0.235. The number of amides is 1. The summed E-state index contributed by atoms with van der Waals surface area (Å²) in [7, 11) is 0. The van der Waals surface area contributed by atoms with Gasteiger partial charge in [-0.05, 0) is 37.1 Å². The van der Waals surface area contributed by atoms with Gasteiger partial charge in [-0.2, -0.15) is 0 Å². The van der Waals surface area contributed by atoms with Crippen LogP contribution < -0.4 is 26.9 Å². The summed E-state index contributed by atoms with van der Waals surface area (Å²) < 4.78 is 1.94. The topological polar surface area (TPSA) is 70.3 Å². The smallest absolute Gasteiger partial charge is 0.335 e. The van der Waals surface area contributed by atoms with E-state index in [9.17, 15) is 9.59 Å². The predicted octanol–water partition coefficient (Wildman–Crippen LogP) is -0.678. The van der Waals surface area contributed by atoms with E-state index in [0.717, 1.165) is 5.56 Å². The van der Waals surface area contributed by atoms with Gasteiger partial charge in [-0.15, -0.1) is 0 Å². The molecule has 5 nitrogen and oxygen atoms in total. The lowest BCUT2D eigenvalue weighted by molar-refractivity contribution is -0.695. The Morgan fingerprint density at radius 3 is 2.39 bits per heavy atom. The van der Waals surface area contributed by atoms with Crippen LogP contribution in [-0.4, -0.2) is 17.0 Å². The van der Waals surface area contributed by atoms with Gasteiger partial charge in [0.25, 0.3) is 0 Å². The van der Waals surface area contributed by atoms with Gasteiger partial charge in [-0.25, -0.2) is 9.36 Å². The van der Waals surface area contributed by atoms with E-state index in [1.807, 2.05) is 42.9 Å². The van der Waals surface area contributed by atoms with Gasteiger partial charge in [0.2, 0.25) is 5.91 Å². The minimum Gasteiger partial charge on any atom is -1.00 e. The molecule has 0 atom stereocenters. The molecule has 1 amide bonds. The SMILES string of the molecule is Cc1cc[n+](CCC(=O)Nc2cc(C(=O)O)ccc2C)cc1.[Br-]. The lowest BCUT2D eigenvalue weighted by atomic mass is 10.1. The van der Waals surface area contributed by atoms with Crippen LogP contribution in [0, 0.1) is 13.8 Å². The predicted molar refractivity (Wildman–Crippen MR) is 82.8 cm³/mol. The van der Waals surface area contributed by atoms with E-state index in [4.69, 9.17) is 5.11 Å². The zero-order chi connectivity index (χ0) is 16.1. The molecule has 0 radical (unpaired) electrons. The largest absolute Gasteiger partial charge is 1.00 e. The van der Waals surface area contributed by atoms with Crippen LogP contribution in [0.4, 0.5) is 5.69 Å². The van der Waals surface area contributed by atoms with Gasteiger partial charge in [-0.3, -0.25) is 4.79 Å². The van der Waals surface area contributed by atoms with Crippen molar-refractivity contribution < 1.29 is 36.2 Å². The highest BCUT2D eigenvalue weighted by molar-refractivity contribution is 5.94. The zero-order valence-corrected chi connectivity index (χ0v) is 14.6. The number of hydrogen-bond acceptors (Lipinski definition) is 2. The second-order valence-corrected chi connectivity index (χ2v) is 5.25. The molecule has 23 heavy (non-hydrogen) atoms. The summed E-state index contributed by atoms with van der Waals surface area (Å²) in [4.78, 5) is 23.0. The minimum atomic E-state index is -1.01. The van der Waals surface area contributed by atoms with Gasteiger partial charge < -0.3 is 27.4 Å². The highest BCUT2D eigenvalue weighted by atomic mass is 79.9. The summed E-state index contributed by atoms with van der Waals surface area (Å²) in [6, 6.07) is 8.66. The minimum absolute atomic E-state index is 0. The Labute approximate surface area is 145 Å².